The molecule has 0 amide bonds. The molecule has 2 N–H and O–H groups in total. The van der Waals surface area contributed by atoms with Gasteiger partial charge in [0.1, 0.15) is 0 Å². The summed E-state index contributed by atoms with van der Waals surface area (Å²) < 4.78 is 5.01. The van der Waals surface area contributed by atoms with E-state index in [1.165, 1.54) is 0 Å². The number of ether oxygens (including phenoxy) is 1. The maximum atomic E-state index is 5.81. The highest BCUT2D eigenvalue weighted by atomic mass is 16.5. The summed E-state index contributed by atoms with van der Waals surface area (Å²) in [6.45, 7) is 1.80. The average Bonchev–Trinajstić information content (AvgIpc) is 2.65. The van der Waals surface area contributed by atoms with E-state index < -0.39 is 0 Å². The molecular weight excluding hydrogens is 180 g/mol. The first-order valence-corrected chi connectivity index (χ1v) is 4.66. The zero-order valence-electron chi connectivity index (χ0n) is 8.18. The van der Waals surface area contributed by atoms with Crippen molar-refractivity contribution in [3.05, 3.63) is 12.4 Å². The van der Waals surface area contributed by atoms with Crippen LogP contribution in [0.2, 0.25) is 0 Å². The average molecular weight is 194 g/mol. The second-order valence-corrected chi connectivity index (χ2v) is 3.41. The molecule has 76 valence electrons. The summed E-state index contributed by atoms with van der Waals surface area (Å²) in [4.78, 5) is 10.5. The summed E-state index contributed by atoms with van der Waals surface area (Å²) in [6.07, 6.45) is 4.35. The molecule has 0 aromatic carbocycles. The lowest BCUT2D eigenvalue weighted by Crippen LogP contribution is -2.26. The highest BCUT2D eigenvalue weighted by Crippen LogP contribution is 2.18. The number of aromatic nitrogens is 2. The van der Waals surface area contributed by atoms with Crippen molar-refractivity contribution in [1.29, 1.82) is 0 Å². The van der Waals surface area contributed by atoms with Crippen molar-refractivity contribution >= 4 is 5.82 Å². The molecule has 0 aliphatic carbocycles. The Kier molecular flexibility index (Phi) is 2.49. The van der Waals surface area contributed by atoms with Crippen LogP contribution in [0, 0.1) is 0 Å². The van der Waals surface area contributed by atoms with Crippen LogP contribution in [0.15, 0.2) is 12.4 Å². The molecule has 1 aliphatic rings. The van der Waals surface area contributed by atoms with Crippen LogP contribution in [0.4, 0.5) is 5.82 Å². The van der Waals surface area contributed by atoms with Crippen molar-refractivity contribution in [3.8, 4) is 5.88 Å². The van der Waals surface area contributed by atoms with Gasteiger partial charge in [-0.05, 0) is 6.42 Å². The molecule has 5 nitrogen and oxygen atoms in total. The van der Waals surface area contributed by atoms with Crippen molar-refractivity contribution in [2.45, 2.75) is 12.5 Å². The minimum Gasteiger partial charge on any atom is -0.480 e. The highest BCUT2D eigenvalue weighted by Gasteiger charge is 2.20. The van der Waals surface area contributed by atoms with Gasteiger partial charge < -0.3 is 15.4 Å². The van der Waals surface area contributed by atoms with Crippen molar-refractivity contribution in [2.75, 3.05) is 25.1 Å². The first kappa shape index (κ1) is 9.21. The van der Waals surface area contributed by atoms with E-state index in [4.69, 9.17) is 10.5 Å². The Morgan fingerprint density at radius 3 is 3.07 bits per heavy atom. The van der Waals surface area contributed by atoms with E-state index in [1.54, 1.807) is 19.5 Å². The van der Waals surface area contributed by atoms with Crippen molar-refractivity contribution in [1.82, 2.24) is 9.97 Å². The van der Waals surface area contributed by atoms with Gasteiger partial charge in [0.15, 0.2) is 5.82 Å². The van der Waals surface area contributed by atoms with E-state index in [0.29, 0.717) is 5.88 Å². The lowest BCUT2D eigenvalue weighted by molar-refractivity contribution is 0.395. The lowest BCUT2D eigenvalue weighted by atomic mass is 10.3. The third kappa shape index (κ3) is 1.77. The lowest BCUT2D eigenvalue weighted by Gasteiger charge is -2.16. The molecule has 1 unspecified atom stereocenters. The second-order valence-electron chi connectivity index (χ2n) is 3.41. The fraction of sp³-hybridized carbons (Fsp3) is 0.556. The molecule has 5 heteroatoms. The zero-order valence-corrected chi connectivity index (χ0v) is 8.18. The smallest absolute Gasteiger partial charge is 0.233 e. The van der Waals surface area contributed by atoms with Crippen LogP contribution >= 0.6 is 0 Å². The normalized spacial score (nSPS) is 21.3. The molecule has 1 aromatic heterocycles. The van der Waals surface area contributed by atoms with Crippen LogP contribution in [0.1, 0.15) is 6.42 Å². The van der Waals surface area contributed by atoms with Crippen molar-refractivity contribution in [3.63, 3.8) is 0 Å². The molecule has 1 saturated heterocycles. The topological polar surface area (TPSA) is 64.3 Å². The first-order valence-electron chi connectivity index (χ1n) is 4.66. The van der Waals surface area contributed by atoms with Crippen LogP contribution < -0.4 is 15.4 Å². The molecule has 14 heavy (non-hydrogen) atoms. The third-order valence-electron chi connectivity index (χ3n) is 2.36. The molecule has 0 saturated carbocycles. The van der Waals surface area contributed by atoms with Crippen LogP contribution in [0.5, 0.6) is 5.88 Å². The number of nitrogens with two attached hydrogens (primary N) is 1. The fourth-order valence-corrected chi connectivity index (χ4v) is 1.58. The van der Waals surface area contributed by atoms with Crippen molar-refractivity contribution in [2.24, 2.45) is 5.73 Å². The molecule has 1 aromatic rings. The van der Waals surface area contributed by atoms with Crippen LogP contribution in [0.25, 0.3) is 0 Å². The number of anilines is 1. The Morgan fingerprint density at radius 2 is 2.43 bits per heavy atom. The quantitative estimate of drug-likeness (QED) is 0.719. The number of hydrogen-bond acceptors (Lipinski definition) is 5. The Labute approximate surface area is 82.9 Å². The maximum absolute atomic E-state index is 5.81. The fourth-order valence-electron chi connectivity index (χ4n) is 1.58. The van der Waals surface area contributed by atoms with Crippen molar-refractivity contribution < 1.29 is 4.74 Å². The first-order chi connectivity index (χ1) is 6.79. The van der Waals surface area contributed by atoms with E-state index in [0.717, 1.165) is 25.3 Å². The molecule has 0 spiro atoms. The molecule has 0 bridgehead atoms. The molecule has 1 aliphatic heterocycles. The van der Waals surface area contributed by atoms with Gasteiger partial charge in [-0.1, -0.05) is 0 Å². The summed E-state index contributed by atoms with van der Waals surface area (Å²) >= 11 is 0. The number of nitrogens with zero attached hydrogens (tertiary/aromatic N) is 3. The van der Waals surface area contributed by atoms with E-state index in [-0.39, 0.29) is 6.04 Å². The van der Waals surface area contributed by atoms with E-state index in [9.17, 15) is 0 Å². The minimum atomic E-state index is 0.253. The zero-order chi connectivity index (χ0) is 9.97. The van der Waals surface area contributed by atoms with Gasteiger partial charge in [0.05, 0.1) is 19.5 Å². The second kappa shape index (κ2) is 3.79. The molecule has 1 atom stereocenters. The molecule has 2 heterocycles. The van der Waals surface area contributed by atoms with Gasteiger partial charge in [-0.2, -0.15) is 4.98 Å². The predicted molar refractivity (Wildman–Crippen MR) is 53.4 cm³/mol. The number of methoxy groups -OCH3 is 1. The van der Waals surface area contributed by atoms with E-state index in [2.05, 4.69) is 14.9 Å². The highest BCUT2D eigenvalue weighted by molar-refractivity contribution is 5.39. The van der Waals surface area contributed by atoms with Gasteiger partial charge >= 0.3 is 0 Å². The summed E-state index contributed by atoms with van der Waals surface area (Å²) in [5.74, 6) is 1.39. The molecule has 0 radical (unpaired) electrons. The number of rotatable bonds is 2. The summed E-state index contributed by atoms with van der Waals surface area (Å²) in [6, 6.07) is 0.253. The van der Waals surface area contributed by atoms with Crippen LogP contribution in [-0.4, -0.2) is 36.2 Å². The SMILES string of the molecule is COc1cncc(N2CCC(N)C2)n1. The Bertz CT molecular complexity index is 317. The van der Waals surface area contributed by atoms with Crippen LogP contribution in [-0.2, 0) is 0 Å². The Hall–Kier alpha value is -1.36. The van der Waals surface area contributed by atoms with Crippen LogP contribution in [0.3, 0.4) is 0 Å². The minimum absolute atomic E-state index is 0.253. The standard InChI is InChI=1S/C9H14N4O/c1-14-9-5-11-4-8(12-9)13-3-2-7(10)6-13/h4-5,7H,2-3,6,10H2,1H3. The molecule has 1 fully saturated rings. The van der Waals surface area contributed by atoms with Gasteiger partial charge in [0, 0.05) is 19.1 Å². The van der Waals surface area contributed by atoms with E-state index in [1.807, 2.05) is 0 Å². The third-order valence-corrected chi connectivity index (χ3v) is 2.36. The predicted octanol–water partition coefficient (Wildman–Crippen LogP) is 0.0226. The maximum Gasteiger partial charge on any atom is 0.233 e. The Balaban J connectivity index is 2.15. The number of hydrogen-bond donors (Lipinski definition) is 1. The largest absolute Gasteiger partial charge is 0.480 e. The van der Waals surface area contributed by atoms with Gasteiger partial charge in [0.2, 0.25) is 5.88 Å². The molecular formula is C9H14N4O. The summed E-state index contributed by atoms with van der Waals surface area (Å²) in [5, 5.41) is 0. The monoisotopic (exact) mass is 194 g/mol. The van der Waals surface area contributed by atoms with Gasteiger partial charge in [-0.15, -0.1) is 0 Å². The summed E-state index contributed by atoms with van der Waals surface area (Å²) in [7, 11) is 1.59. The van der Waals surface area contributed by atoms with Gasteiger partial charge in [-0.25, -0.2) is 0 Å². The van der Waals surface area contributed by atoms with Gasteiger partial charge in [0.25, 0.3) is 0 Å². The summed E-state index contributed by atoms with van der Waals surface area (Å²) in [5.41, 5.74) is 5.81. The molecule has 2 rings (SSSR count). The van der Waals surface area contributed by atoms with E-state index >= 15 is 0 Å². The Morgan fingerprint density at radius 1 is 1.57 bits per heavy atom. The van der Waals surface area contributed by atoms with Gasteiger partial charge in [-0.3, -0.25) is 4.98 Å².